The number of hydrogen-bond donors (Lipinski definition) is 1. The average Bonchev–Trinajstić information content (AvgIpc) is 2.41. The number of aromatic nitrogens is 2. The van der Waals surface area contributed by atoms with E-state index in [0.29, 0.717) is 5.69 Å². The van der Waals surface area contributed by atoms with Crippen molar-refractivity contribution in [1.82, 2.24) is 9.97 Å². The van der Waals surface area contributed by atoms with Crippen molar-refractivity contribution >= 4 is 11.6 Å². The molecular weight excluding hydrogens is 242 g/mol. The summed E-state index contributed by atoms with van der Waals surface area (Å²) < 4.78 is 5.52. The first-order valence-corrected chi connectivity index (χ1v) is 5.99. The molecule has 0 bridgehead atoms. The van der Waals surface area contributed by atoms with Crippen LogP contribution in [0.1, 0.15) is 24.3 Å². The fourth-order valence-corrected chi connectivity index (χ4v) is 1.50. The van der Waals surface area contributed by atoms with Gasteiger partial charge in [0.1, 0.15) is 11.4 Å². The normalized spacial score (nSPS) is 10.3. The van der Waals surface area contributed by atoms with Crippen molar-refractivity contribution in [3.05, 3.63) is 48.5 Å². The second-order valence-electron chi connectivity index (χ2n) is 4.24. The molecule has 0 aliphatic heterocycles. The van der Waals surface area contributed by atoms with Gasteiger partial charge in [0.2, 0.25) is 0 Å². The van der Waals surface area contributed by atoms with Crippen LogP contribution < -0.4 is 10.1 Å². The summed E-state index contributed by atoms with van der Waals surface area (Å²) >= 11 is 0. The van der Waals surface area contributed by atoms with Gasteiger partial charge < -0.3 is 10.1 Å². The van der Waals surface area contributed by atoms with Gasteiger partial charge in [0.05, 0.1) is 12.3 Å². The number of anilines is 1. The minimum Gasteiger partial charge on any atom is -0.491 e. The fourth-order valence-electron chi connectivity index (χ4n) is 1.50. The first kappa shape index (κ1) is 13.0. The minimum atomic E-state index is -0.286. The number of nitrogens with zero attached hydrogens (tertiary/aromatic N) is 2. The fraction of sp³-hybridized carbons (Fsp3) is 0.214. The van der Waals surface area contributed by atoms with Crippen molar-refractivity contribution in [2.75, 3.05) is 5.32 Å². The Morgan fingerprint density at radius 2 is 1.95 bits per heavy atom. The molecule has 5 heteroatoms. The van der Waals surface area contributed by atoms with Crippen molar-refractivity contribution < 1.29 is 9.53 Å². The molecule has 0 aliphatic rings. The molecule has 0 saturated carbocycles. The summed E-state index contributed by atoms with van der Waals surface area (Å²) in [6.45, 7) is 3.92. The Balaban J connectivity index is 2.02. The zero-order chi connectivity index (χ0) is 13.7. The number of rotatable bonds is 4. The second-order valence-corrected chi connectivity index (χ2v) is 4.24. The van der Waals surface area contributed by atoms with E-state index in [1.807, 2.05) is 26.0 Å². The molecule has 5 nitrogen and oxygen atoms in total. The van der Waals surface area contributed by atoms with Crippen LogP contribution >= 0.6 is 0 Å². The summed E-state index contributed by atoms with van der Waals surface area (Å²) in [5.74, 6) is 0.484. The van der Waals surface area contributed by atoms with Crippen LogP contribution in [0.3, 0.4) is 0 Å². The van der Waals surface area contributed by atoms with Gasteiger partial charge >= 0.3 is 0 Å². The standard InChI is InChI=1S/C14H15N3O2/c1-10(2)19-12-5-3-11(4-6-12)17-14(18)13-9-15-7-8-16-13/h3-10H,1-2H3,(H,17,18). The zero-order valence-electron chi connectivity index (χ0n) is 10.8. The van der Waals surface area contributed by atoms with Gasteiger partial charge in [-0.25, -0.2) is 4.98 Å². The summed E-state index contributed by atoms with van der Waals surface area (Å²) in [7, 11) is 0. The Hall–Kier alpha value is -2.43. The van der Waals surface area contributed by atoms with E-state index in [-0.39, 0.29) is 17.7 Å². The van der Waals surface area contributed by atoms with Gasteiger partial charge in [-0.15, -0.1) is 0 Å². The van der Waals surface area contributed by atoms with E-state index in [0.717, 1.165) is 5.75 Å². The number of hydrogen-bond acceptors (Lipinski definition) is 4. The monoisotopic (exact) mass is 257 g/mol. The summed E-state index contributed by atoms with van der Waals surface area (Å²) in [4.78, 5) is 19.6. The van der Waals surface area contributed by atoms with Gasteiger partial charge in [-0.2, -0.15) is 0 Å². The van der Waals surface area contributed by atoms with E-state index in [1.165, 1.54) is 18.6 Å². The molecule has 1 amide bonds. The van der Waals surface area contributed by atoms with Gasteiger partial charge in [-0.3, -0.25) is 9.78 Å². The first-order chi connectivity index (χ1) is 9.15. The Kier molecular flexibility index (Phi) is 4.07. The van der Waals surface area contributed by atoms with E-state index in [9.17, 15) is 4.79 Å². The zero-order valence-corrected chi connectivity index (χ0v) is 10.8. The number of nitrogens with one attached hydrogen (secondary N) is 1. The van der Waals surface area contributed by atoms with Crippen molar-refractivity contribution in [1.29, 1.82) is 0 Å². The lowest BCUT2D eigenvalue weighted by Crippen LogP contribution is -2.13. The van der Waals surface area contributed by atoms with Gasteiger partial charge in [-0.1, -0.05) is 0 Å². The third kappa shape index (κ3) is 3.77. The van der Waals surface area contributed by atoms with Crippen LogP contribution in [-0.2, 0) is 0 Å². The molecule has 1 aromatic carbocycles. The molecule has 2 rings (SSSR count). The summed E-state index contributed by atoms with van der Waals surface area (Å²) in [5, 5.41) is 2.74. The smallest absolute Gasteiger partial charge is 0.275 e. The SMILES string of the molecule is CC(C)Oc1ccc(NC(=O)c2cnccn2)cc1. The van der Waals surface area contributed by atoms with Crippen molar-refractivity contribution in [3.63, 3.8) is 0 Å². The van der Waals surface area contributed by atoms with Crippen LogP contribution in [0.15, 0.2) is 42.9 Å². The van der Waals surface area contributed by atoms with Crippen LogP contribution in [0.5, 0.6) is 5.75 Å². The van der Waals surface area contributed by atoms with Gasteiger partial charge in [0.15, 0.2) is 0 Å². The van der Waals surface area contributed by atoms with Crippen LogP contribution in [0, 0.1) is 0 Å². The summed E-state index contributed by atoms with van der Waals surface area (Å²) in [6, 6.07) is 7.19. The highest BCUT2D eigenvalue weighted by Crippen LogP contribution is 2.17. The van der Waals surface area contributed by atoms with Crippen LogP contribution in [0.4, 0.5) is 5.69 Å². The van der Waals surface area contributed by atoms with E-state index >= 15 is 0 Å². The predicted octanol–water partition coefficient (Wildman–Crippen LogP) is 2.52. The quantitative estimate of drug-likeness (QED) is 0.914. The molecule has 0 aliphatic carbocycles. The molecule has 0 fully saturated rings. The maximum Gasteiger partial charge on any atom is 0.275 e. The maximum atomic E-state index is 11.8. The minimum absolute atomic E-state index is 0.125. The van der Waals surface area contributed by atoms with Crippen LogP contribution in [0.25, 0.3) is 0 Å². The molecule has 98 valence electrons. The molecule has 1 heterocycles. The molecular formula is C14H15N3O2. The highest BCUT2D eigenvalue weighted by Gasteiger charge is 2.07. The largest absolute Gasteiger partial charge is 0.491 e. The molecule has 0 saturated heterocycles. The number of carbonyl (C=O) groups excluding carboxylic acids is 1. The molecule has 1 aromatic heterocycles. The van der Waals surface area contributed by atoms with E-state index < -0.39 is 0 Å². The molecule has 0 spiro atoms. The third-order valence-corrected chi connectivity index (χ3v) is 2.28. The number of ether oxygens (including phenoxy) is 1. The number of amides is 1. The van der Waals surface area contributed by atoms with Gasteiger partial charge in [-0.05, 0) is 38.1 Å². The Morgan fingerprint density at radius 3 is 2.53 bits per heavy atom. The van der Waals surface area contributed by atoms with E-state index in [2.05, 4.69) is 15.3 Å². The van der Waals surface area contributed by atoms with E-state index in [1.54, 1.807) is 12.1 Å². The molecule has 19 heavy (non-hydrogen) atoms. The highest BCUT2D eigenvalue weighted by atomic mass is 16.5. The first-order valence-electron chi connectivity index (χ1n) is 5.99. The predicted molar refractivity (Wildman–Crippen MR) is 72.2 cm³/mol. The third-order valence-electron chi connectivity index (χ3n) is 2.28. The second kappa shape index (κ2) is 5.95. The molecule has 0 unspecified atom stereocenters. The van der Waals surface area contributed by atoms with Crippen LogP contribution in [0.2, 0.25) is 0 Å². The average molecular weight is 257 g/mol. The Morgan fingerprint density at radius 1 is 1.21 bits per heavy atom. The molecule has 0 atom stereocenters. The van der Waals surface area contributed by atoms with Gasteiger partial charge in [0.25, 0.3) is 5.91 Å². The molecule has 2 aromatic rings. The van der Waals surface area contributed by atoms with Crippen molar-refractivity contribution in [2.45, 2.75) is 20.0 Å². The van der Waals surface area contributed by atoms with E-state index in [4.69, 9.17) is 4.74 Å². The lowest BCUT2D eigenvalue weighted by atomic mass is 10.3. The lowest BCUT2D eigenvalue weighted by Gasteiger charge is -2.10. The summed E-state index contributed by atoms with van der Waals surface area (Å²) in [6.07, 6.45) is 4.55. The molecule has 0 radical (unpaired) electrons. The molecule has 1 N–H and O–H groups in total. The Labute approximate surface area is 111 Å². The maximum absolute atomic E-state index is 11.8. The van der Waals surface area contributed by atoms with Gasteiger partial charge in [0, 0.05) is 18.1 Å². The number of carbonyl (C=O) groups is 1. The topological polar surface area (TPSA) is 64.1 Å². The van der Waals surface area contributed by atoms with Crippen molar-refractivity contribution in [2.24, 2.45) is 0 Å². The number of benzene rings is 1. The van der Waals surface area contributed by atoms with Crippen LogP contribution in [-0.4, -0.2) is 22.0 Å². The highest BCUT2D eigenvalue weighted by molar-refractivity contribution is 6.02. The lowest BCUT2D eigenvalue weighted by molar-refractivity contribution is 0.102. The summed E-state index contributed by atoms with van der Waals surface area (Å²) in [5.41, 5.74) is 0.969. The Bertz CT molecular complexity index is 538. The van der Waals surface area contributed by atoms with Crippen molar-refractivity contribution in [3.8, 4) is 5.75 Å².